The van der Waals surface area contributed by atoms with Gasteiger partial charge in [0.15, 0.2) is 0 Å². The molecule has 0 unspecified atom stereocenters. The first-order valence-electron chi connectivity index (χ1n) is 7.67. The van der Waals surface area contributed by atoms with Crippen molar-refractivity contribution in [2.75, 3.05) is 18.4 Å². The standard InChI is InChI=1S/C17H15BrClF2N3O/c18-12-2-1-3-13(16(12)19)23-17(25)14-6-10-4-5-24(9-15(20)21)8-11(10)7-22-14/h1-3,6-7,15H,4-5,8-9H2,(H,23,25). The minimum atomic E-state index is -2.35. The lowest BCUT2D eigenvalue weighted by atomic mass is 10.0. The van der Waals surface area contributed by atoms with E-state index < -0.39 is 6.43 Å². The highest BCUT2D eigenvalue weighted by Crippen LogP contribution is 2.30. The van der Waals surface area contributed by atoms with E-state index in [9.17, 15) is 13.6 Å². The Kier molecular flexibility index (Phi) is 5.66. The van der Waals surface area contributed by atoms with E-state index in [1.54, 1.807) is 35.4 Å². The van der Waals surface area contributed by atoms with Gasteiger partial charge in [-0.2, -0.15) is 0 Å². The number of hydrogen-bond acceptors (Lipinski definition) is 3. The first kappa shape index (κ1) is 18.2. The monoisotopic (exact) mass is 429 g/mol. The highest BCUT2D eigenvalue weighted by molar-refractivity contribution is 9.10. The zero-order chi connectivity index (χ0) is 18.0. The molecule has 1 aromatic heterocycles. The van der Waals surface area contributed by atoms with Crippen LogP contribution in [0.5, 0.6) is 0 Å². The van der Waals surface area contributed by atoms with E-state index in [1.807, 2.05) is 0 Å². The number of anilines is 1. The number of benzene rings is 1. The number of carbonyl (C=O) groups is 1. The van der Waals surface area contributed by atoms with Crippen LogP contribution in [0.3, 0.4) is 0 Å². The van der Waals surface area contributed by atoms with Crippen molar-refractivity contribution in [3.63, 3.8) is 0 Å². The van der Waals surface area contributed by atoms with Gasteiger partial charge in [0.05, 0.1) is 17.3 Å². The van der Waals surface area contributed by atoms with Crippen LogP contribution < -0.4 is 5.32 Å². The number of amides is 1. The minimum absolute atomic E-state index is 0.247. The van der Waals surface area contributed by atoms with Gasteiger partial charge < -0.3 is 5.32 Å². The summed E-state index contributed by atoms with van der Waals surface area (Å²) in [6.45, 7) is 0.717. The smallest absolute Gasteiger partial charge is 0.274 e. The maximum atomic E-state index is 12.5. The van der Waals surface area contributed by atoms with Crippen LogP contribution in [0.4, 0.5) is 14.5 Å². The second-order valence-electron chi connectivity index (χ2n) is 5.77. The van der Waals surface area contributed by atoms with Crippen LogP contribution >= 0.6 is 27.5 Å². The Morgan fingerprint density at radius 1 is 1.40 bits per heavy atom. The summed E-state index contributed by atoms with van der Waals surface area (Å²) in [5.74, 6) is -0.363. The van der Waals surface area contributed by atoms with Gasteiger partial charge in [-0.25, -0.2) is 8.78 Å². The third kappa shape index (κ3) is 4.34. The number of pyridine rings is 1. The molecule has 132 valence electrons. The summed E-state index contributed by atoms with van der Waals surface area (Å²) in [5, 5.41) is 3.15. The molecule has 0 radical (unpaired) electrons. The van der Waals surface area contributed by atoms with E-state index in [4.69, 9.17) is 11.6 Å². The van der Waals surface area contributed by atoms with Crippen LogP contribution in [0.25, 0.3) is 0 Å². The van der Waals surface area contributed by atoms with Crippen molar-refractivity contribution in [3.8, 4) is 0 Å². The van der Waals surface area contributed by atoms with Gasteiger partial charge in [-0.1, -0.05) is 17.7 Å². The molecule has 0 saturated carbocycles. The van der Waals surface area contributed by atoms with Gasteiger partial charge >= 0.3 is 0 Å². The summed E-state index contributed by atoms with van der Waals surface area (Å²) in [5.41, 5.74) is 2.61. The van der Waals surface area contributed by atoms with Gasteiger partial charge in [0.1, 0.15) is 5.69 Å². The summed E-state index contributed by atoms with van der Waals surface area (Å²) in [4.78, 5) is 18.3. The first-order chi connectivity index (χ1) is 11.9. The van der Waals surface area contributed by atoms with Gasteiger partial charge in [-0.15, -0.1) is 0 Å². The number of aromatic nitrogens is 1. The van der Waals surface area contributed by atoms with E-state index in [-0.39, 0.29) is 18.1 Å². The average Bonchev–Trinajstić information content (AvgIpc) is 2.58. The van der Waals surface area contributed by atoms with Crippen molar-refractivity contribution < 1.29 is 13.6 Å². The van der Waals surface area contributed by atoms with Crippen molar-refractivity contribution in [1.82, 2.24) is 9.88 Å². The number of nitrogens with one attached hydrogen (secondary N) is 1. The van der Waals surface area contributed by atoms with E-state index in [0.717, 1.165) is 11.1 Å². The lowest BCUT2D eigenvalue weighted by molar-refractivity contribution is 0.0820. The normalized spacial score (nSPS) is 14.4. The van der Waals surface area contributed by atoms with Gasteiger partial charge in [0.2, 0.25) is 0 Å². The molecule has 3 rings (SSSR count). The lowest BCUT2D eigenvalue weighted by Gasteiger charge is -2.28. The van der Waals surface area contributed by atoms with Crippen molar-refractivity contribution >= 4 is 39.1 Å². The van der Waals surface area contributed by atoms with Gasteiger partial charge in [0.25, 0.3) is 12.3 Å². The first-order valence-corrected chi connectivity index (χ1v) is 8.85. The summed E-state index contributed by atoms with van der Waals surface area (Å²) in [6, 6.07) is 6.96. The summed E-state index contributed by atoms with van der Waals surface area (Å²) >= 11 is 9.46. The molecule has 4 nitrogen and oxygen atoms in total. The highest BCUT2D eigenvalue weighted by Gasteiger charge is 2.21. The summed E-state index contributed by atoms with van der Waals surface area (Å²) in [7, 11) is 0. The highest BCUT2D eigenvalue weighted by atomic mass is 79.9. The second-order valence-corrected chi connectivity index (χ2v) is 7.00. The molecular weight excluding hydrogens is 416 g/mol. The number of nitrogens with zero attached hydrogens (tertiary/aromatic N) is 2. The molecule has 0 atom stereocenters. The van der Waals surface area contributed by atoms with Crippen molar-refractivity contribution in [2.24, 2.45) is 0 Å². The Labute approximate surface area is 157 Å². The molecule has 2 aromatic rings. The summed E-state index contributed by atoms with van der Waals surface area (Å²) in [6.07, 6.45) is -0.151. The van der Waals surface area contributed by atoms with Gasteiger partial charge in [-0.05, 0) is 51.7 Å². The molecule has 0 bridgehead atoms. The third-order valence-corrected chi connectivity index (χ3v) is 5.30. The fourth-order valence-corrected chi connectivity index (χ4v) is 3.30. The number of alkyl halides is 2. The van der Waals surface area contributed by atoms with Crippen molar-refractivity contribution in [1.29, 1.82) is 0 Å². The quantitative estimate of drug-likeness (QED) is 0.783. The molecule has 1 aromatic carbocycles. The molecule has 25 heavy (non-hydrogen) atoms. The lowest BCUT2D eigenvalue weighted by Crippen LogP contribution is -2.34. The zero-order valence-corrected chi connectivity index (χ0v) is 15.4. The minimum Gasteiger partial charge on any atom is -0.319 e. The molecule has 8 heteroatoms. The number of hydrogen-bond donors (Lipinski definition) is 1. The van der Waals surface area contributed by atoms with E-state index in [1.165, 1.54) is 0 Å². The number of rotatable bonds is 4. The number of halogens is 4. The van der Waals surface area contributed by atoms with Crippen LogP contribution in [0, 0.1) is 0 Å². The van der Waals surface area contributed by atoms with E-state index >= 15 is 0 Å². The van der Waals surface area contributed by atoms with Crippen LogP contribution in [-0.4, -0.2) is 35.3 Å². The van der Waals surface area contributed by atoms with Crippen molar-refractivity contribution in [2.45, 2.75) is 19.4 Å². The number of fused-ring (bicyclic) bond motifs is 1. The Balaban J connectivity index is 1.74. The van der Waals surface area contributed by atoms with Crippen LogP contribution in [-0.2, 0) is 13.0 Å². The predicted octanol–water partition coefficient (Wildman–Crippen LogP) is 4.37. The molecule has 1 aliphatic heterocycles. The molecule has 1 aliphatic rings. The predicted molar refractivity (Wildman–Crippen MR) is 96.3 cm³/mol. The molecule has 2 heterocycles. The van der Waals surface area contributed by atoms with E-state index in [0.29, 0.717) is 34.7 Å². The van der Waals surface area contributed by atoms with Crippen LogP contribution in [0.15, 0.2) is 34.9 Å². The Bertz CT molecular complexity index is 803. The second kappa shape index (κ2) is 7.76. The molecule has 0 saturated heterocycles. The Morgan fingerprint density at radius 3 is 2.96 bits per heavy atom. The average molecular weight is 431 g/mol. The topological polar surface area (TPSA) is 45.2 Å². The number of carbonyl (C=O) groups excluding carboxylic acids is 1. The maximum absolute atomic E-state index is 12.5. The SMILES string of the molecule is O=C(Nc1cccc(Br)c1Cl)c1cc2c(cn1)CN(CC(F)F)CC2. The fourth-order valence-electron chi connectivity index (χ4n) is 2.76. The van der Waals surface area contributed by atoms with Crippen LogP contribution in [0.2, 0.25) is 5.02 Å². The third-order valence-electron chi connectivity index (χ3n) is 4.00. The van der Waals surface area contributed by atoms with Crippen LogP contribution in [0.1, 0.15) is 21.6 Å². The van der Waals surface area contributed by atoms with Crippen molar-refractivity contribution in [3.05, 3.63) is 56.8 Å². The van der Waals surface area contributed by atoms with Gasteiger partial charge in [-0.3, -0.25) is 14.7 Å². The van der Waals surface area contributed by atoms with E-state index in [2.05, 4.69) is 26.2 Å². The molecular formula is C17H15BrClF2N3O. The Morgan fingerprint density at radius 2 is 2.20 bits per heavy atom. The molecule has 0 fully saturated rings. The molecule has 1 N–H and O–H groups in total. The van der Waals surface area contributed by atoms with Gasteiger partial charge in [0, 0.05) is 23.8 Å². The maximum Gasteiger partial charge on any atom is 0.274 e. The fraction of sp³-hybridized carbons (Fsp3) is 0.294. The molecule has 0 aliphatic carbocycles. The Hall–Kier alpha value is -1.57. The molecule has 1 amide bonds. The summed E-state index contributed by atoms with van der Waals surface area (Å²) < 4.78 is 25.7. The largest absolute Gasteiger partial charge is 0.319 e. The molecule has 0 spiro atoms. The zero-order valence-electron chi connectivity index (χ0n) is 13.1.